The normalized spacial score (nSPS) is 18.8. The fourth-order valence-corrected chi connectivity index (χ4v) is 4.57. The summed E-state index contributed by atoms with van der Waals surface area (Å²) in [6, 6.07) is 2.02. The number of hydrogen-bond acceptors (Lipinski definition) is 6. The molecule has 1 aliphatic rings. The highest BCUT2D eigenvalue weighted by atomic mass is 32.2. The third-order valence-corrected chi connectivity index (χ3v) is 5.89. The van der Waals surface area contributed by atoms with E-state index in [0.29, 0.717) is 5.25 Å². The lowest BCUT2D eigenvalue weighted by Crippen LogP contribution is -2.23. The number of aromatic nitrogens is 2. The van der Waals surface area contributed by atoms with Crippen molar-refractivity contribution in [2.45, 2.75) is 31.9 Å². The summed E-state index contributed by atoms with van der Waals surface area (Å²) in [6.07, 6.45) is 1.97. The van der Waals surface area contributed by atoms with Gasteiger partial charge in [0.05, 0.1) is 0 Å². The summed E-state index contributed by atoms with van der Waals surface area (Å²) < 4.78 is 0. The van der Waals surface area contributed by atoms with Gasteiger partial charge in [0, 0.05) is 48.1 Å². The maximum atomic E-state index is 4.57. The Morgan fingerprint density at radius 1 is 1.20 bits per heavy atom. The van der Waals surface area contributed by atoms with Crippen molar-refractivity contribution in [2.75, 3.05) is 41.0 Å². The van der Waals surface area contributed by atoms with Crippen LogP contribution in [0.4, 0.5) is 11.6 Å². The zero-order valence-electron chi connectivity index (χ0n) is 12.3. The molecule has 0 amide bonds. The second-order valence-corrected chi connectivity index (χ2v) is 7.34. The van der Waals surface area contributed by atoms with Crippen LogP contribution >= 0.6 is 23.5 Å². The van der Waals surface area contributed by atoms with E-state index in [2.05, 4.69) is 58.0 Å². The zero-order valence-corrected chi connectivity index (χ0v) is 13.9. The number of nitrogens with zero attached hydrogens (tertiary/aromatic N) is 2. The van der Waals surface area contributed by atoms with Crippen molar-refractivity contribution < 1.29 is 0 Å². The minimum Gasteiger partial charge on any atom is -0.370 e. The molecule has 0 bridgehead atoms. The molecule has 112 valence electrons. The summed E-state index contributed by atoms with van der Waals surface area (Å²) in [7, 11) is 0. The van der Waals surface area contributed by atoms with Gasteiger partial charge in [0.2, 0.25) is 0 Å². The SMILES string of the molecule is CCCNc1cc(NCC2CSCCS2)nc(CC)n1. The average molecular weight is 313 g/mol. The Balaban J connectivity index is 1.94. The van der Waals surface area contributed by atoms with Crippen molar-refractivity contribution in [2.24, 2.45) is 0 Å². The molecule has 1 saturated heterocycles. The van der Waals surface area contributed by atoms with E-state index in [1.807, 2.05) is 6.07 Å². The van der Waals surface area contributed by atoms with Crippen LogP contribution in [0, 0.1) is 0 Å². The summed E-state index contributed by atoms with van der Waals surface area (Å²) in [4.78, 5) is 9.08. The number of rotatable bonds is 7. The highest BCUT2D eigenvalue weighted by molar-refractivity contribution is 8.06. The maximum Gasteiger partial charge on any atom is 0.132 e. The molecular weight excluding hydrogens is 288 g/mol. The minimum absolute atomic E-state index is 0.695. The van der Waals surface area contributed by atoms with Crippen molar-refractivity contribution in [3.8, 4) is 0 Å². The molecule has 0 radical (unpaired) electrons. The standard InChI is InChI=1S/C14H24N4S2/c1-3-5-15-13-8-14(18-12(4-2)17-13)16-9-11-10-19-6-7-20-11/h8,11H,3-7,9-10H2,1-2H3,(H2,15,16,17,18). The molecule has 1 atom stereocenters. The summed E-state index contributed by atoms with van der Waals surface area (Å²) in [5.74, 6) is 6.59. The van der Waals surface area contributed by atoms with Crippen LogP contribution in [0.15, 0.2) is 6.07 Å². The van der Waals surface area contributed by atoms with Crippen LogP contribution in [-0.2, 0) is 6.42 Å². The van der Waals surface area contributed by atoms with Crippen molar-refractivity contribution in [1.82, 2.24) is 9.97 Å². The highest BCUT2D eigenvalue weighted by Crippen LogP contribution is 2.24. The molecule has 1 aromatic rings. The second-order valence-electron chi connectivity index (χ2n) is 4.78. The molecule has 1 fully saturated rings. The molecule has 4 nitrogen and oxygen atoms in total. The quantitative estimate of drug-likeness (QED) is 0.807. The van der Waals surface area contributed by atoms with E-state index in [-0.39, 0.29) is 0 Å². The smallest absolute Gasteiger partial charge is 0.132 e. The van der Waals surface area contributed by atoms with Gasteiger partial charge in [0.15, 0.2) is 0 Å². The summed E-state index contributed by atoms with van der Waals surface area (Å²) in [6.45, 7) is 6.20. The molecule has 0 aliphatic carbocycles. The number of anilines is 2. The fraction of sp³-hybridized carbons (Fsp3) is 0.714. The summed E-state index contributed by atoms with van der Waals surface area (Å²) in [5, 5.41) is 7.52. The fourth-order valence-electron chi connectivity index (χ4n) is 1.96. The predicted molar refractivity (Wildman–Crippen MR) is 92.3 cm³/mol. The molecule has 1 aromatic heterocycles. The Morgan fingerprint density at radius 3 is 2.65 bits per heavy atom. The maximum absolute atomic E-state index is 4.57. The monoisotopic (exact) mass is 312 g/mol. The molecule has 6 heteroatoms. The molecule has 0 aromatic carbocycles. The lowest BCUT2D eigenvalue weighted by Gasteiger charge is -2.21. The Labute approximate surface area is 130 Å². The van der Waals surface area contributed by atoms with E-state index < -0.39 is 0 Å². The predicted octanol–water partition coefficient (Wildman–Crippen LogP) is 3.12. The van der Waals surface area contributed by atoms with Crippen LogP contribution in [-0.4, -0.2) is 45.6 Å². The lowest BCUT2D eigenvalue weighted by atomic mass is 10.4. The number of thioether (sulfide) groups is 2. The molecule has 0 saturated carbocycles. The van der Waals surface area contributed by atoms with Gasteiger partial charge >= 0.3 is 0 Å². The van der Waals surface area contributed by atoms with E-state index in [1.54, 1.807) is 0 Å². The second kappa shape index (κ2) is 8.62. The van der Waals surface area contributed by atoms with Crippen molar-refractivity contribution in [3.05, 3.63) is 11.9 Å². The highest BCUT2D eigenvalue weighted by Gasteiger charge is 2.14. The zero-order chi connectivity index (χ0) is 14.2. The van der Waals surface area contributed by atoms with Crippen molar-refractivity contribution in [1.29, 1.82) is 0 Å². The first-order valence-corrected chi connectivity index (χ1v) is 9.57. The molecule has 0 spiro atoms. The Kier molecular flexibility index (Phi) is 6.79. The topological polar surface area (TPSA) is 49.8 Å². The van der Waals surface area contributed by atoms with Crippen LogP contribution < -0.4 is 10.6 Å². The minimum atomic E-state index is 0.695. The van der Waals surface area contributed by atoms with Gasteiger partial charge in [-0.15, -0.1) is 0 Å². The van der Waals surface area contributed by atoms with Gasteiger partial charge in [-0.05, 0) is 6.42 Å². The Bertz CT molecular complexity index is 408. The third kappa shape index (κ3) is 5.05. The number of nitrogens with one attached hydrogen (secondary N) is 2. The number of aryl methyl sites for hydroxylation is 1. The third-order valence-electron chi connectivity index (χ3n) is 3.04. The average Bonchev–Trinajstić information content (AvgIpc) is 2.51. The van der Waals surface area contributed by atoms with Gasteiger partial charge in [-0.2, -0.15) is 23.5 Å². The first-order valence-electron chi connectivity index (χ1n) is 7.36. The summed E-state index contributed by atoms with van der Waals surface area (Å²) in [5.41, 5.74) is 0. The van der Waals surface area contributed by atoms with E-state index in [1.165, 1.54) is 17.3 Å². The molecule has 20 heavy (non-hydrogen) atoms. The largest absolute Gasteiger partial charge is 0.370 e. The number of hydrogen-bond donors (Lipinski definition) is 2. The van der Waals surface area contributed by atoms with Crippen LogP contribution in [0.5, 0.6) is 0 Å². The van der Waals surface area contributed by atoms with Gasteiger partial charge in [0.1, 0.15) is 17.5 Å². The molecule has 2 heterocycles. The lowest BCUT2D eigenvalue weighted by molar-refractivity contribution is 0.908. The molecule has 1 unspecified atom stereocenters. The van der Waals surface area contributed by atoms with Crippen molar-refractivity contribution in [3.63, 3.8) is 0 Å². The van der Waals surface area contributed by atoms with Crippen LogP contribution in [0.25, 0.3) is 0 Å². The van der Waals surface area contributed by atoms with Gasteiger partial charge < -0.3 is 10.6 Å². The van der Waals surface area contributed by atoms with Crippen LogP contribution in [0.3, 0.4) is 0 Å². The molecular formula is C14H24N4S2. The first-order chi connectivity index (χ1) is 9.81. The van der Waals surface area contributed by atoms with E-state index >= 15 is 0 Å². The van der Waals surface area contributed by atoms with Gasteiger partial charge in [0.25, 0.3) is 0 Å². The Hall–Kier alpha value is -0.620. The van der Waals surface area contributed by atoms with E-state index in [9.17, 15) is 0 Å². The van der Waals surface area contributed by atoms with Crippen molar-refractivity contribution >= 4 is 35.2 Å². The molecule has 1 aliphatic heterocycles. The van der Waals surface area contributed by atoms with Gasteiger partial charge in [-0.3, -0.25) is 0 Å². The van der Waals surface area contributed by atoms with E-state index in [4.69, 9.17) is 0 Å². The van der Waals surface area contributed by atoms with E-state index in [0.717, 1.165) is 43.4 Å². The van der Waals surface area contributed by atoms with Crippen LogP contribution in [0.1, 0.15) is 26.1 Å². The Morgan fingerprint density at radius 2 is 2.00 bits per heavy atom. The first kappa shape index (κ1) is 15.8. The molecule has 2 N–H and O–H groups in total. The van der Waals surface area contributed by atoms with Crippen LogP contribution in [0.2, 0.25) is 0 Å². The summed E-state index contributed by atoms with van der Waals surface area (Å²) >= 11 is 4.12. The van der Waals surface area contributed by atoms with Gasteiger partial charge in [-0.1, -0.05) is 13.8 Å². The van der Waals surface area contributed by atoms with Gasteiger partial charge in [-0.25, -0.2) is 9.97 Å². The molecule has 2 rings (SSSR count).